The fourth-order valence-corrected chi connectivity index (χ4v) is 4.95. The van der Waals surface area contributed by atoms with Crippen molar-refractivity contribution in [1.82, 2.24) is 0 Å². The maximum absolute atomic E-state index is 9.55. The minimum atomic E-state index is -1.26. The molecule has 2 N–H and O–H groups in total. The summed E-state index contributed by atoms with van der Waals surface area (Å²) in [5.41, 5.74) is 0. The van der Waals surface area contributed by atoms with Crippen LogP contribution in [0.1, 0.15) is 13.8 Å². The molecule has 172 valence electrons. The molecule has 3 rings (SSSR count). The van der Waals surface area contributed by atoms with Crippen molar-refractivity contribution in [3.05, 3.63) is 103 Å². The Morgan fingerprint density at radius 3 is 1.24 bits per heavy atom. The number of aliphatic carboxylic acids is 2. The van der Waals surface area contributed by atoms with Gasteiger partial charge in [0, 0.05) is 19.1 Å². The van der Waals surface area contributed by atoms with Crippen LogP contribution >= 0.6 is 20.1 Å². The summed E-state index contributed by atoms with van der Waals surface area (Å²) in [5.74, 6) is -2.51. The van der Waals surface area contributed by atoms with Gasteiger partial charge < -0.3 is 14.9 Å². The van der Waals surface area contributed by atoms with Crippen LogP contribution in [-0.4, -0.2) is 33.8 Å². The van der Waals surface area contributed by atoms with E-state index in [1.165, 1.54) is 15.9 Å². The third-order valence-corrected chi connectivity index (χ3v) is 6.32. The van der Waals surface area contributed by atoms with Crippen molar-refractivity contribution < 1.29 is 24.5 Å². The van der Waals surface area contributed by atoms with E-state index in [0.717, 1.165) is 0 Å². The van der Waals surface area contributed by atoms with Gasteiger partial charge in [0.2, 0.25) is 0 Å². The second-order valence-electron chi connectivity index (χ2n) is 6.28. The van der Waals surface area contributed by atoms with Gasteiger partial charge in [0.05, 0.1) is 6.61 Å². The highest BCUT2D eigenvalue weighted by Crippen LogP contribution is 2.32. The van der Waals surface area contributed by atoms with Gasteiger partial charge in [0.15, 0.2) is 5.05 Å². The van der Waals surface area contributed by atoms with Crippen LogP contribution in [0.25, 0.3) is 0 Å². The SMILES string of the molecule is CCOC(C)=S.O=C(O)/C=C/C(=O)O.c1ccc(P(c2ccccc2)c2ccccc2)cc1. The van der Waals surface area contributed by atoms with Gasteiger partial charge in [-0.3, -0.25) is 0 Å². The van der Waals surface area contributed by atoms with Gasteiger partial charge in [0.1, 0.15) is 0 Å². The molecule has 0 amide bonds. The summed E-state index contributed by atoms with van der Waals surface area (Å²) in [6.07, 6.45) is 1.12. The largest absolute Gasteiger partial charge is 0.488 e. The maximum Gasteiger partial charge on any atom is 0.328 e. The summed E-state index contributed by atoms with van der Waals surface area (Å²) in [6, 6.07) is 32.3. The molecule has 0 bridgehead atoms. The zero-order valence-electron chi connectivity index (χ0n) is 18.5. The van der Waals surface area contributed by atoms with Gasteiger partial charge in [-0.1, -0.05) is 91.0 Å². The fraction of sp³-hybridized carbons (Fsp3) is 0.115. The lowest BCUT2D eigenvalue weighted by Gasteiger charge is -2.18. The molecule has 0 aromatic heterocycles. The van der Waals surface area contributed by atoms with Crippen molar-refractivity contribution in [3.8, 4) is 0 Å². The molecule has 0 fully saturated rings. The minimum absolute atomic E-state index is 0.446. The molecule has 5 nitrogen and oxygen atoms in total. The molecule has 7 heteroatoms. The molecular formula is C26H27O5PS. The lowest BCUT2D eigenvalue weighted by molar-refractivity contribution is -0.134. The van der Waals surface area contributed by atoms with Gasteiger partial charge in [0.25, 0.3) is 0 Å². The Bertz CT molecular complexity index is 899. The van der Waals surface area contributed by atoms with E-state index >= 15 is 0 Å². The Balaban J connectivity index is 0.000000324. The van der Waals surface area contributed by atoms with E-state index in [1.54, 1.807) is 6.92 Å². The number of ether oxygens (including phenoxy) is 1. The van der Waals surface area contributed by atoms with Gasteiger partial charge in [-0.2, -0.15) is 0 Å². The van der Waals surface area contributed by atoms with Crippen molar-refractivity contribution in [1.29, 1.82) is 0 Å². The highest BCUT2D eigenvalue weighted by molar-refractivity contribution is 7.80. The van der Waals surface area contributed by atoms with E-state index < -0.39 is 19.9 Å². The van der Waals surface area contributed by atoms with Crippen molar-refractivity contribution in [2.75, 3.05) is 6.61 Å². The van der Waals surface area contributed by atoms with E-state index in [4.69, 9.17) is 14.9 Å². The van der Waals surface area contributed by atoms with Crippen molar-refractivity contribution in [2.45, 2.75) is 13.8 Å². The number of rotatable bonds is 6. The summed E-state index contributed by atoms with van der Waals surface area (Å²) in [6.45, 7) is 4.37. The fourth-order valence-electron chi connectivity index (χ4n) is 2.52. The average Bonchev–Trinajstić information content (AvgIpc) is 2.81. The third kappa shape index (κ3) is 12.3. The highest BCUT2D eigenvalue weighted by Gasteiger charge is 2.14. The quantitative estimate of drug-likeness (QED) is 0.305. The number of thiocarbonyl (C=S) groups is 1. The molecule has 0 spiro atoms. The third-order valence-electron chi connectivity index (χ3n) is 3.76. The standard InChI is InChI=1S/C18H15P.C4H4O4.C4H8OS/c1-4-10-16(11-5-1)19(17-12-6-2-7-13-17)18-14-8-3-9-15-18;5-3(6)1-2-4(7)8;1-3-5-4(2)6/h1-15H;1-2H,(H,5,6)(H,7,8);3H2,1-2H3/b;2-1+;. The van der Waals surface area contributed by atoms with Crippen LogP contribution in [0.3, 0.4) is 0 Å². The first-order chi connectivity index (χ1) is 15.8. The molecule has 0 heterocycles. The molecule has 0 radical (unpaired) electrons. The number of benzene rings is 3. The van der Waals surface area contributed by atoms with Gasteiger partial charge in [-0.15, -0.1) is 0 Å². The highest BCUT2D eigenvalue weighted by atomic mass is 32.1. The summed E-state index contributed by atoms with van der Waals surface area (Å²) in [7, 11) is -0.446. The summed E-state index contributed by atoms with van der Waals surface area (Å²) < 4.78 is 4.77. The topological polar surface area (TPSA) is 83.8 Å². The van der Waals surface area contributed by atoms with E-state index in [-0.39, 0.29) is 0 Å². The monoisotopic (exact) mass is 482 g/mol. The number of carbonyl (C=O) groups is 2. The average molecular weight is 483 g/mol. The minimum Gasteiger partial charge on any atom is -0.488 e. The lowest BCUT2D eigenvalue weighted by atomic mass is 10.4. The van der Waals surface area contributed by atoms with Crippen LogP contribution in [0.5, 0.6) is 0 Å². The number of hydrogen-bond donors (Lipinski definition) is 2. The van der Waals surface area contributed by atoms with E-state index in [1.807, 2.05) is 6.92 Å². The van der Waals surface area contributed by atoms with E-state index in [9.17, 15) is 9.59 Å². The van der Waals surface area contributed by atoms with E-state index in [0.29, 0.717) is 23.8 Å². The van der Waals surface area contributed by atoms with Gasteiger partial charge in [-0.05, 0) is 43.0 Å². The van der Waals surface area contributed by atoms with Crippen LogP contribution in [0, 0.1) is 0 Å². The van der Waals surface area contributed by atoms with Crippen LogP contribution in [0.2, 0.25) is 0 Å². The molecule has 33 heavy (non-hydrogen) atoms. The zero-order valence-corrected chi connectivity index (χ0v) is 20.2. The first-order valence-electron chi connectivity index (χ1n) is 10.1. The molecule has 0 aliphatic carbocycles. The van der Waals surface area contributed by atoms with Gasteiger partial charge in [-0.25, -0.2) is 9.59 Å². The molecule has 0 saturated heterocycles. The lowest BCUT2D eigenvalue weighted by Crippen LogP contribution is -2.20. The first kappa shape index (κ1) is 27.7. The Morgan fingerprint density at radius 1 is 0.758 bits per heavy atom. The second-order valence-corrected chi connectivity index (χ2v) is 9.07. The molecule has 0 atom stereocenters. The van der Waals surface area contributed by atoms with Crippen LogP contribution in [0.4, 0.5) is 0 Å². The van der Waals surface area contributed by atoms with Crippen LogP contribution in [0.15, 0.2) is 103 Å². The van der Waals surface area contributed by atoms with E-state index in [2.05, 4.69) is 103 Å². The second kappa shape index (κ2) is 16.3. The van der Waals surface area contributed by atoms with Crippen molar-refractivity contribution in [2.24, 2.45) is 0 Å². The molecular weight excluding hydrogens is 455 g/mol. The molecule has 3 aromatic rings. The number of carboxylic acid groups (broad SMARTS) is 2. The molecule has 0 aliphatic rings. The number of hydrogen-bond acceptors (Lipinski definition) is 4. The Hall–Kier alpha value is -3.34. The predicted molar refractivity (Wildman–Crippen MR) is 139 cm³/mol. The predicted octanol–water partition coefficient (Wildman–Crippen LogP) is 4.53. The van der Waals surface area contributed by atoms with Gasteiger partial charge >= 0.3 is 11.9 Å². The molecule has 0 aliphatic heterocycles. The van der Waals surface area contributed by atoms with Crippen LogP contribution < -0.4 is 15.9 Å². The summed E-state index contributed by atoms with van der Waals surface area (Å²) in [4.78, 5) is 19.1. The Labute approximate surface area is 201 Å². The molecule has 0 saturated carbocycles. The summed E-state index contributed by atoms with van der Waals surface area (Å²) >= 11 is 4.57. The maximum atomic E-state index is 9.55. The zero-order chi connectivity index (χ0) is 24.5. The van der Waals surface area contributed by atoms with Crippen LogP contribution in [-0.2, 0) is 14.3 Å². The van der Waals surface area contributed by atoms with Crippen molar-refractivity contribution in [3.63, 3.8) is 0 Å². The normalized spacial score (nSPS) is 9.79. The molecule has 0 unspecified atom stereocenters. The first-order valence-corrected chi connectivity index (χ1v) is 11.8. The summed E-state index contributed by atoms with van der Waals surface area (Å²) in [5, 5.41) is 20.4. The smallest absolute Gasteiger partial charge is 0.328 e. The number of carboxylic acids is 2. The van der Waals surface area contributed by atoms with Crippen molar-refractivity contribution >= 4 is 53.0 Å². The molecule has 3 aromatic carbocycles. The Kier molecular flexibility index (Phi) is 13.7. The Morgan fingerprint density at radius 2 is 1.06 bits per heavy atom.